The summed E-state index contributed by atoms with van der Waals surface area (Å²) in [6.07, 6.45) is 0. The van der Waals surface area contributed by atoms with Gasteiger partial charge in [-0.1, -0.05) is 0 Å². The number of rotatable bonds is 6. The van der Waals surface area contributed by atoms with E-state index in [0.717, 1.165) is 22.1 Å². The number of carbonyl (C=O) groups is 1. The molecule has 0 aromatic heterocycles. The predicted octanol–water partition coefficient (Wildman–Crippen LogP) is 2.04. The van der Waals surface area contributed by atoms with E-state index in [-0.39, 0.29) is 5.91 Å². The molecule has 0 spiro atoms. The molecule has 110 valence electrons. The molecule has 0 fully saturated rings. The molecule has 0 aliphatic carbocycles. The molecule has 0 atom stereocenters. The fraction of sp³-hybridized carbons (Fsp3) is 0.133. The maximum Gasteiger partial charge on any atom is 0.265 e. The first-order valence-electron chi connectivity index (χ1n) is 6.41. The summed E-state index contributed by atoms with van der Waals surface area (Å²) in [6, 6.07) is 14.6. The first-order valence-corrected chi connectivity index (χ1v) is 7.40. The summed E-state index contributed by atoms with van der Waals surface area (Å²) < 4.78 is 5.61. The van der Waals surface area contributed by atoms with Crippen LogP contribution in [0.4, 0.5) is 5.69 Å². The van der Waals surface area contributed by atoms with Crippen LogP contribution >= 0.6 is 11.8 Å². The number of benzene rings is 2. The number of thioether (sulfide) groups is 1. The average Bonchev–Trinajstić information content (AvgIpc) is 2.53. The third-order valence-corrected chi connectivity index (χ3v) is 3.72. The summed E-state index contributed by atoms with van der Waals surface area (Å²) in [7, 11) is 0. The van der Waals surface area contributed by atoms with Gasteiger partial charge in [-0.15, -0.1) is 11.8 Å². The van der Waals surface area contributed by atoms with Crippen LogP contribution < -0.4 is 21.7 Å². The molecular formula is C15H17N3O2S. The van der Waals surface area contributed by atoms with Crippen LogP contribution in [0.1, 0.15) is 10.4 Å². The van der Waals surface area contributed by atoms with Gasteiger partial charge in [0.25, 0.3) is 5.91 Å². The molecule has 6 heteroatoms. The third kappa shape index (κ3) is 4.70. The Morgan fingerprint density at radius 3 is 2.38 bits per heavy atom. The van der Waals surface area contributed by atoms with Crippen molar-refractivity contribution in [3.8, 4) is 5.75 Å². The molecule has 2 rings (SSSR count). The van der Waals surface area contributed by atoms with Gasteiger partial charge in [0.2, 0.25) is 0 Å². The summed E-state index contributed by atoms with van der Waals surface area (Å²) in [6.45, 7) is 0.581. The van der Waals surface area contributed by atoms with E-state index in [1.54, 1.807) is 36.0 Å². The molecule has 0 radical (unpaired) electrons. The van der Waals surface area contributed by atoms with Crippen molar-refractivity contribution >= 4 is 23.4 Å². The van der Waals surface area contributed by atoms with Gasteiger partial charge in [0.15, 0.2) is 0 Å². The molecule has 2 aromatic carbocycles. The number of nitrogen functional groups attached to an aromatic ring is 2. The Morgan fingerprint density at radius 1 is 1.10 bits per heavy atom. The lowest BCUT2D eigenvalue weighted by Gasteiger charge is -2.07. The number of hydrogen-bond acceptors (Lipinski definition) is 5. The van der Waals surface area contributed by atoms with E-state index < -0.39 is 0 Å². The van der Waals surface area contributed by atoms with Gasteiger partial charge in [-0.2, -0.15) is 0 Å². The van der Waals surface area contributed by atoms with Crippen molar-refractivity contribution in [1.29, 1.82) is 0 Å². The first-order chi connectivity index (χ1) is 10.2. The standard InChI is InChI=1S/C15H17N3O2S/c16-12-3-7-14(8-4-12)21-10-9-20-13-5-1-11(2-6-13)15(19)18-17/h1-8H,9-10,16-17H2,(H,18,19). The smallest absolute Gasteiger partial charge is 0.265 e. The first kappa shape index (κ1) is 15.2. The van der Waals surface area contributed by atoms with Crippen molar-refractivity contribution < 1.29 is 9.53 Å². The summed E-state index contributed by atoms with van der Waals surface area (Å²) in [4.78, 5) is 12.4. The number of nitrogens with one attached hydrogen (secondary N) is 1. The zero-order chi connectivity index (χ0) is 15.1. The molecule has 5 N–H and O–H groups in total. The molecule has 21 heavy (non-hydrogen) atoms. The zero-order valence-corrected chi connectivity index (χ0v) is 12.2. The van der Waals surface area contributed by atoms with Crippen LogP contribution in [0, 0.1) is 0 Å². The van der Waals surface area contributed by atoms with E-state index in [1.165, 1.54) is 0 Å². The van der Waals surface area contributed by atoms with Gasteiger partial charge in [-0.05, 0) is 48.5 Å². The summed E-state index contributed by atoms with van der Waals surface area (Å²) >= 11 is 1.70. The molecule has 0 saturated heterocycles. The lowest BCUT2D eigenvalue weighted by atomic mass is 10.2. The van der Waals surface area contributed by atoms with Crippen LogP contribution in [0.2, 0.25) is 0 Å². The van der Waals surface area contributed by atoms with Gasteiger partial charge < -0.3 is 10.5 Å². The Balaban J connectivity index is 1.75. The van der Waals surface area contributed by atoms with Crippen LogP contribution in [0.15, 0.2) is 53.4 Å². The predicted molar refractivity (Wildman–Crippen MR) is 85.2 cm³/mol. The second kappa shape index (κ2) is 7.56. The van der Waals surface area contributed by atoms with Crippen LogP contribution in [-0.2, 0) is 0 Å². The second-order valence-corrected chi connectivity index (χ2v) is 5.43. The highest BCUT2D eigenvalue weighted by Crippen LogP contribution is 2.19. The van der Waals surface area contributed by atoms with Crippen LogP contribution in [-0.4, -0.2) is 18.3 Å². The zero-order valence-electron chi connectivity index (χ0n) is 11.4. The van der Waals surface area contributed by atoms with Gasteiger partial charge in [0.05, 0.1) is 6.61 Å². The number of amides is 1. The second-order valence-electron chi connectivity index (χ2n) is 4.26. The van der Waals surface area contributed by atoms with Gasteiger partial charge >= 0.3 is 0 Å². The van der Waals surface area contributed by atoms with Crippen molar-refractivity contribution in [1.82, 2.24) is 5.43 Å². The number of anilines is 1. The third-order valence-electron chi connectivity index (χ3n) is 2.75. The Labute approximate surface area is 127 Å². The van der Waals surface area contributed by atoms with E-state index in [9.17, 15) is 4.79 Å². The highest BCUT2D eigenvalue weighted by molar-refractivity contribution is 7.99. The van der Waals surface area contributed by atoms with Crippen molar-refractivity contribution in [2.45, 2.75) is 4.90 Å². The van der Waals surface area contributed by atoms with Gasteiger partial charge in [-0.25, -0.2) is 5.84 Å². The molecule has 2 aromatic rings. The minimum Gasteiger partial charge on any atom is -0.493 e. The number of hydrazine groups is 1. The largest absolute Gasteiger partial charge is 0.493 e. The fourth-order valence-corrected chi connectivity index (χ4v) is 2.40. The molecule has 0 saturated carbocycles. The van der Waals surface area contributed by atoms with Crippen molar-refractivity contribution in [3.05, 3.63) is 54.1 Å². The summed E-state index contributed by atoms with van der Waals surface area (Å²) in [5.74, 6) is 6.30. The highest BCUT2D eigenvalue weighted by Gasteiger charge is 2.03. The number of carbonyl (C=O) groups excluding carboxylic acids is 1. The van der Waals surface area contributed by atoms with E-state index >= 15 is 0 Å². The van der Waals surface area contributed by atoms with Crippen molar-refractivity contribution in [2.75, 3.05) is 18.1 Å². The SMILES string of the molecule is NNC(=O)c1ccc(OCCSc2ccc(N)cc2)cc1. The molecule has 0 heterocycles. The van der Waals surface area contributed by atoms with E-state index in [1.807, 2.05) is 24.3 Å². The molecule has 0 bridgehead atoms. The minimum absolute atomic E-state index is 0.319. The Morgan fingerprint density at radius 2 is 1.76 bits per heavy atom. The lowest BCUT2D eigenvalue weighted by Crippen LogP contribution is -2.29. The van der Waals surface area contributed by atoms with Crippen LogP contribution in [0.5, 0.6) is 5.75 Å². The minimum atomic E-state index is -0.319. The Hall–Kier alpha value is -2.18. The lowest BCUT2D eigenvalue weighted by molar-refractivity contribution is 0.0953. The molecule has 0 unspecified atom stereocenters. The van der Waals surface area contributed by atoms with Gasteiger partial charge in [-0.3, -0.25) is 10.2 Å². The molecule has 0 aliphatic rings. The molecule has 5 nitrogen and oxygen atoms in total. The Kier molecular flexibility index (Phi) is 5.48. The van der Waals surface area contributed by atoms with Crippen LogP contribution in [0.25, 0.3) is 0 Å². The molecular weight excluding hydrogens is 286 g/mol. The molecule has 1 amide bonds. The summed E-state index contributed by atoms with van der Waals surface area (Å²) in [5, 5.41) is 0. The summed E-state index contributed by atoms with van der Waals surface area (Å²) in [5.41, 5.74) is 8.98. The number of hydrogen-bond donors (Lipinski definition) is 3. The normalized spacial score (nSPS) is 10.1. The van der Waals surface area contributed by atoms with Crippen molar-refractivity contribution in [3.63, 3.8) is 0 Å². The highest BCUT2D eigenvalue weighted by atomic mass is 32.2. The van der Waals surface area contributed by atoms with E-state index in [0.29, 0.717) is 12.2 Å². The van der Waals surface area contributed by atoms with Crippen molar-refractivity contribution in [2.24, 2.45) is 5.84 Å². The number of ether oxygens (including phenoxy) is 1. The topological polar surface area (TPSA) is 90.4 Å². The number of nitrogens with two attached hydrogens (primary N) is 2. The fourth-order valence-electron chi connectivity index (χ4n) is 1.67. The maximum absolute atomic E-state index is 11.3. The van der Waals surface area contributed by atoms with Gasteiger partial charge in [0, 0.05) is 21.9 Å². The van der Waals surface area contributed by atoms with E-state index in [4.69, 9.17) is 16.3 Å². The van der Waals surface area contributed by atoms with E-state index in [2.05, 4.69) is 5.43 Å². The molecule has 0 aliphatic heterocycles. The van der Waals surface area contributed by atoms with Crippen LogP contribution in [0.3, 0.4) is 0 Å². The average molecular weight is 303 g/mol. The monoisotopic (exact) mass is 303 g/mol. The maximum atomic E-state index is 11.3. The van der Waals surface area contributed by atoms with Gasteiger partial charge in [0.1, 0.15) is 5.75 Å². The Bertz CT molecular complexity index is 585. The quantitative estimate of drug-likeness (QED) is 0.190.